The van der Waals surface area contributed by atoms with Crippen LogP contribution >= 0.6 is 24.8 Å². The summed E-state index contributed by atoms with van der Waals surface area (Å²) in [5, 5.41) is 6.30. The fourth-order valence-electron chi connectivity index (χ4n) is 2.37. The lowest BCUT2D eigenvalue weighted by Gasteiger charge is -2.06. The van der Waals surface area contributed by atoms with Gasteiger partial charge in [-0.2, -0.15) is 0 Å². The van der Waals surface area contributed by atoms with E-state index in [4.69, 9.17) is 0 Å². The first-order valence-electron chi connectivity index (χ1n) is 5.56. The number of amides is 1. The summed E-state index contributed by atoms with van der Waals surface area (Å²) >= 11 is 0. The predicted molar refractivity (Wildman–Crippen MR) is 72.4 cm³/mol. The number of nitrogens with zero attached hydrogens (tertiary/aromatic N) is 2. The Kier molecular flexibility index (Phi) is 4.90. The van der Waals surface area contributed by atoms with Crippen LogP contribution in [0, 0.1) is 18.8 Å². The van der Waals surface area contributed by atoms with Crippen LogP contribution in [0.2, 0.25) is 0 Å². The molecule has 18 heavy (non-hydrogen) atoms. The second kappa shape index (κ2) is 5.82. The highest BCUT2D eigenvalue weighted by Gasteiger charge is 2.53. The molecule has 2 fully saturated rings. The van der Waals surface area contributed by atoms with E-state index in [9.17, 15) is 4.79 Å². The van der Waals surface area contributed by atoms with Crippen molar-refractivity contribution in [1.82, 2.24) is 20.6 Å². The molecule has 2 aliphatic rings. The highest BCUT2D eigenvalue weighted by atomic mass is 35.5. The fourth-order valence-corrected chi connectivity index (χ4v) is 2.37. The molecule has 2 unspecified atom stereocenters. The molecule has 0 spiro atoms. The van der Waals surface area contributed by atoms with E-state index < -0.39 is 0 Å². The van der Waals surface area contributed by atoms with Crippen LogP contribution < -0.4 is 10.6 Å². The van der Waals surface area contributed by atoms with Gasteiger partial charge in [0.1, 0.15) is 5.69 Å². The zero-order chi connectivity index (χ0) is 11.1. The molecule has 5 nitrogen and oxygen atoms in total. The average molecular weight is 291 g/mol. The van der Waals surface area contributed by atoms with Crippen LogP contribution in [0.1, 0.15) is 16.2 Å². The SMILES string of the molecule is Cc1cnc(C(=O)NC2C3CNCC32)cn1.Cl.Cl. The minimum absolute atomic E-state index is 0. The molecule has 2 atom stereocenters. The number of aryl methyl sites for hydroxylation is 1. The average Bonchev–Trinajstić information content (AvgIpc) is 2.75. The zero-order valence-electron chi connectivity index (χ0n) is 9.92. The molecule has 1 saturated carbocycles. The van der Waals surface area contributed by atoms with Gasteiger partial charge >= 0.3 is 0 Å². The second-order valence-electron chi connectivity index (χ2n) is 4.53. The molecule has 7 heteroatoms. The van der Waals surface area contributed by atoms with Gasteiger partial charge in [0, 0.05) is 25.3 Å². The summed E-state index contributed by atoms with van der Waals surface area (Å²) in [5.74, 6) is 1.15. The predicted octanol–water partition coefficient (Wildman–Crippen LogP) is 0.576. The van der Waals surface area contributed by atoms with Gasteiger partial charge in [0.15, 0.2) is 0 Å². The van der Waals surface area contributed by atoms with Gasteiger partial charge in [0.05, 0.1) is 11.9 Å². The van der Waals surface area contributed by atoms with Crippen molar-refractivity contribution >= 4 is 30.7 Å². The summed E-state index contributed by atoms with van der Waals surface area (Å²) in [5.41, 5.74) is 1.23. The van der Waals surface area contributed by atoms with Crippen molar-refractivity contribution in [3.8, 4) is 0 Å². The standard InChI is InChI=1S/C11H14N4O.2ClH/c1-6-2-14-9(5-13-6)11(16)15-10-7-3-12-4-8(7)10;;/h2,5,7-8,10,12H,3-4H2,1H3,(H,15,16);2*1H. The molecule has 0 aromatic carbocycles. The Morgan fingerprint density at radius 3 is 2.50 bits per heavy atom. The smallest absolute Gasteiger partial charge is 0.271 e. The monoisotopic (exact) mass is 290 g/mol. The van der Waals surface area contributed by atoms with Crippen LogP contribution in [-0.2, 0) is 0 Å². The largest absolute Gasteiger partial charge is 0.347 e. The second-order valence-corrected chi connectivity index (χ2v) is 4.53. The fraction of sp³-hybridized carbons (Fsp3) is 0.545. The first kappa shape index (κ1) is 15.1. The van der Waals surface area contributed by atoms with Crippen molar-refractivity contribution < 1.29 is 4.79 Å². The van der Waals surface area contributed by atoms with Crippen molar-refractivity contribution in [2.45, 2.75) is 13.0 Å². The number of aromatic nitrogens is 2. The van der Waals surface area contributed by atoms with Crippen molar-refractivity contribution in [2.75, 3.05) is 13.1 Å². The van der Waals surface area contributed by atoms with Crippen molar-refractivity contribution in [3.63, 3.8) is 0 Å². The number of hydrogen-bond donors (Lipinski definition) is 2. The van der Waals surface area contributed by atoms with Gasteiger partial charge in [-0.1, -0.05) is 0 Å². The van der Waals surface area contributed by atoms with Gasteiger partial charge in [0.25, 0.3) is 5.91 Å². The van der Waals surface area contributed by atoms with E-state index >= 15 is 0 Å². The van der Waals surface area contributed by atoms with Crippen LogP contribution in [0.3, 0.4) is 0 Å². The zero-order valence-corrected chi connectivity index (χ0v) is 11.6. The van der Waals surface area contributed by atoms with Crippen LogP contribution in [0.4, 0.5) is 0 Å². The summed E-state index contributed by atoms with van der Waals surface area (Å²) in [7, 11) is 0. The molecule has 100 valence electrons. The van der Waals surface area contributed by atoms with Crippen molar-refractivity contribution in [3.05, 3.63) is 23.8 Å². The van der Waals surface area contributed by atoms with Gasteiger partial charge in [-0.05, 0) is 18.8 Å². The van der Waals surface area contributed by atoms with Crippen LogP contribution in [0.15, 0.2) is 12.4 Å². The van der Waals surface area contributed by atoms with Gasteiger partial charge in [-0.3, -0.25) is 9.78 Å². The molecule has 2 heterocycles. The topological polar surface area (TPSA) is 66.9 Å². The van der Waals surface area contributed by atoms with Crippen molar-refractivity contribution in [2.24, 2.45) is 11.8 Å². The quantitative estimate of drug-likeness (QED) is 0.836. The first-order chi connectivity index (χ1) is 7.75. The Balaban J connectivity index is 0.000000810. The molecule has 1 aromatic rings. The Labute approximate surface area is 118 Å². The number of carbonyl (C=O) groups excluding carboxylic acids is 1. The van der Waals surface area contributed by atoms with Crippen LogP contribution in [-0.4, -0.2) is 35.0 Å². The summed E-state index contributed by atoms with van der Waals surface area (Å²) in [6, 6.07) is 0.344. The third-order valence-electron chi connectivity index (χ3n) is 3.40. The van der Waals surface area contributed by atoms with Crippen LogP contribution in [0.25, 0.3) is 0 Å². The van der Waals surface area contributed by atoms with E-state index in [1.165, 1.54) is 6.20 Å². The maximum atomic E-state index is 11.8. The Morgan fingerprint density at radius 1 is 1.28 bits per heavy atom. The number of piperidine rings is 1. The maximum Gasteiger partial charge on any atom is 0.271 e. The Morgan fingerprint density at radius 2 is 1.94 bits per heavy atom. The third kappa shape index (κ3) is 2.74. The van der Waals surface area contributed by atoms with Gasteiger partial charge < -0.3 is 10.6 Å². The molecular weight excluding hydrogens is 275 g/mol. The summed E-state index contributed by atoms with van der Waals surface area (Å²) in [6.45, 7) is 3.90. The molecule has 1 aliphatic carbocycles. The van der Waals surface area contributed by atoms with Gasteiger partial charge in [-0.15, -0.1) is 24.8 Å². The Hall–Kier alpha value is -0.910. The number of fused-ring (bicyclic) bond motifs is 1. The van der Waals surface area contributed by atoms with E-state index in [0.717, 1.165) is 18.8 Å². The van der Waals surface area contributed by atoms with E-state index in [2.05, 4.69) is 20.6 Å². The molecular formula is C11H16Cl2N4O. The number of carbonyl (C=O) groups is 1. The van der Waals surface area contributed by atoms with E-state index in [0.29, 0.717) is 23.6 Å². The normalized spacial score (nSPS) is 27.5. The molecule has 0 bridgehead atoms. The lowest BCUT2D eigenvalue weighted by atomic mass is 10.3. The molecule has 1 amide bonds. The number of nitrogens with one attached hydrogen (secondary N) is 2. The minimum Gasteiger partial charge on any atom is -0.347 e. The number of halogens is 2. The third-order valence-corrected chi connectivity index (χ3v) is 3.40. The molecule has 3 rings (SSSR count). The molecule has 0 radical (unpaired) electrons. The Bertz CT molecular complexity index is 416. The summed E-state index contributed by atoms with van der Waals surface area (Å²) < 4.78 is 0. The summed E-state index contributed by atoms with van der Waals surface area (Å²) in [4.78, 5) is 19.9. The van der Waals surface area contributed by atoms with E-state index in [-0.39, 0.29) is 30.7 Å². The number of hydrogen-bond acceptors (Lipinski definition) is 4. The minimum atomic E-state index is -0.105. The van der Waals surface area contributed by atoms with Gasteiger partial charge in [0.2, 0.25) is 0 Å². The van der Waals surface area contributed by atoms with Crippen molar-refractivity contribution in [1.29, 1.82) is 0 Å². The molecule has 1 aromatic heterocycles. The van der Waals surface area contributed by atoms with E-state index in [1.54, 1.807) is 6.20 Å². The van der Waals surface area contributed by atoms with E-state index in [1.807, 2.05) is 6.92 Å². The van der Waals surface area contributed by atoms with Gasteiger partial charge in [-0.25, -0.2) is 4.98 Å². The molecule has 2 N–H and O–H groups in total. The highest BCUT2D eigenvalue weighted by molar-refractivity contribution is 5.92. The maximum absolute atomic E-state index is 11.8. The first-order valence-corrected chi connectivity index (χ1v) is 5.56. The van der Waals surface area contributed by atoms with Crippen LogP contribution in [0.5, 0.6) is 0 Å². The summed E-state index contributed by atoms with van der Waals surface area (Å²) in [6.07, 6.45) is 3.14. The number of rotatable bonds is 2. The molecule has 1 aliphatic heterocycles. The lowest BCUT2D eigenvalue weighted by molar-refractivity contribution is 0.0941. The molecule has 1 saturated heterocycles. The highest BCUT2D eigenvalue weighted by Crippen LogP contribution is 2.41. The lowest BCUT2D eigenvalue weighted by Crippen LogP contribution is -2.33.